The first-order valence-electron chi connectivity index (χ1n) is 14.9. The summed E-state index contributed by atoms with van der Waals surface area (Å²) in [6.07, 6.45) is 2.77. The summed E-state index contributed by atoms with van der Waals surface area (Å²) in [4.78, 5) is 49.4. The summed E-state index contributed by atoms with van der Waals surface area (Å²) in [5.74, 6) is -1.13. The Morgan fingerprint density at radius 2 is 1.84 bits per heavy atom. The minimum atomic E-state index is -0.730. The fraction of sp³-hybridized carbons (Fsp3) is 0.375. The van der Waals surface area contributed by atoms with Crippen LogP contribution in [-0.4, -0.2) is 72.1 Å². The van der Waals surface area contributed by atoms with Gasteiger partial charge in [-0.2, -0.15) is 4.98 Å². The molecule has 45 heavy (non-hydrogen) atoms. The second-order valence-electron chi connectivity index (χ2n) is 12.1. The highest BCUT2D eigenvalue weighted by atomic mass is 35.5. The van der Waals surface area contributed by atoms with Crippen molar-refractivity contribution in [2.24, 2.45) is 0 Å². The molecule has 2 unspecified atom stereocenters. The number of aromatic nitrogens is 5. The summed E-state index contributed by atoms with van der Waals surface area (Å²) in [6, 6.07) is 3.41. The smallest absolute Gasteiger partial charge is 0.355 e. The van der Waals surface area contributed by atoms with Gasteiger partial charge in [0.05, 0.1) is 44.8 Å². The topological polar surface area (TPSA) is 129 Å². The molecule has 0 aliphatic carbocycles. The van der Waals surface area contributed by atoms with E-state index in [9.17, 15) is 14.7 Å². The van der Waals surface area contributed by atoms with E-state index in [1.165, 1.54) is 35.2 Å². The Labute approximate surface area is 264 Å². The predicted molar refractivity (Wildman–Crippen MR) is 172 cm³/mol. The molecule has 0 saturated carbocycles. The molecular formula is C32H34ClFN8O3. The molecule has 6 rings (SSSR count). The SMILES string of the molecule is C=CC(=O)N1CC(C)N2c3nc(=O)n(-c4c(C(C)C)ncnc4C(C)C)c4nc(-c5c(O)cccc5F)c(Cl)c(c34)NCC2C1. The minimum Gasteiger partial charge on any atom is -0.507 e. The third-order valence-electron chi connectivity index (χ3n) is 8.40. The maximum atomic E-state index is 15.4. The van der Waals surface area contributed by atoms with Crippen LogP contribution in [0.15, 0.2) is 42.0 Å². The summed E-state index contributed by atoms with van der Waals surface area (Å²) in [7, 11) is 0. The third kappa shape index (κ3) is 4.87. The van der Waals surface area contributed by atoms with Crippen molar-refractivity contribution in [3.63, 3.8) is 0 Å². The van der Waals surface area contributed by atoms with E-state index >= 15 is 4.39 Å². The van der Waals surface area contributed by atoms with Crippen LogP contribution in [0.4, 0.5) is 15.9 Å². The fourth-order valence-electron chi connectivity index (χ4n) is 6.42. The van der Waals surface area contributed by atoms with E-state index in [1.807, 2.05) is 39.5 Å². The van der Waals surface area contributed by atoms with E-state index in [1.54, 1.807) is 4.90 Å². The normalized spacial score (nSPS) is 17.8. The number of hydrogen-bond acceptors (Lipinski definition) is 9. The van der Waals surface area contributed by atoms with Gasteiger partial charge in [0, 0.05) is 25.7 Å². The Morgan fingerprint density at radius 1 is 1.16 bits per heavy atom. The number of pyridine rings is 1. The highest BCUT2D eigenvalue weighted by molar-refractivity contribution is 6.37. The highest BCUT2D eigenvalue weighted by Crippen LogP contribution is 2.46. The van der Waals surface area contributed by atoms with Crippen molar-refractivity contribution in [2.45, 2.75) is 58.5 Å². The number of nitrogens with one attached hydrogen (secondary N) is 1. The summed E-state index contributed by atoms with van der Waals surface area (Å²) >= 11 is 7.04. The van der Waals surface area contributed by atoms with E-state index in [-0.39, 0.29) is 57.5 Å². The van der Waals surface area contributed by atoms with Crippen LogP contribution in [0, 0.1) is 5.82 Å². The second-order valence-corrected chi connectivity index (χ2v) is 12.5. The standard InChI is InChI=1S/C32H34ClFN8O3/c1-7-21(44)40-12-17(6)41-18(13-40)11-35-27-23-30(38-28(24(27)33)22-19(34)9-8-10-20(22)43)42(32(45)39-31(23)41)29-25(15(2)3)36-14-37-26(29)16(4)5/h7-10,14-18,35,43H,1,11-13H2,2-6H3. The number of nitrogens with zero attached hydrogens (tertiary/aromatic N) is 7. The zero-order chi connectivity index (χ0) is 32.3. The number of halogens is 2. The number of amides is 1. The van der Waals surface area contributed by atoms with Gasteiger partial charge in [0.25, 0.3) is 0 Å². The van der Waals surface area contributed by atoms with Crippen molar-refractivity contribution in [3.8, 4) is 22.7 Å². The number of carbonyl (C=O) groups excluding carboxylic acids is 1. The number of hydrogen-bond donors (Lipinski definition) is 2. The Bertz CT molecular complexity index is 1880. The lowest BCUT2D eigenvalue weighted by molar-refractivity contribution is -0.127. The number of fused-ring (bicyclic) bond motifs is 2. The van der Waals surface area contributed by atoms with Crippen LogP contribution in [0.1, 0.15) is 57.8 Å². The van der Waals surface area contributed by atoms with Gasteiger partial charge < -0.3 is 20.2 Å². The zero-order valence-corrected chi connectivity index (χ0v) is 26.4. The second kappa shape index (κ2) is 11.4. The quantitative estimate of drug-likeness (QED) is 0.292. The lowest BCUT2D eigenvalue weighted by Gasteiger charge is -2.45. The molecule has 13 heteroatoms. The molecule has 5 heterocycles. The molecule has 1 fully saturated rings. The number of rotatable bonds is 5. The molecule has 2 aliphatic rings. The average Bonchev–Trinajstić information content (AvgIpc) is 3.16. The summed E-state index contributed by atoms with van der Waals surface area (Å²) in [5, 5.41) is 14.7. The van der Waals surface area contributed by atoms with Crippen LogP contribution in [-0.2, 0) is 4.79 Å². The Balaban J connectivity index is 1.76. The van der Waals surface area contributed by atoms with Gasteiger partial charge >= 0.3 is 5.69 Å². The summed E-state index contributed by atoms with van der Waals surface area (Å²) in [5.41, 5.74) is 1.35. The largest absolute Gasteiger partial charge is 0.507 e. The molecule has 234 valence electrons. The maximum absolute atomic E-state index is 15.4. The van der Waals surface area contributed by atoms with Gasteiger partial charge in [-0.25, -0.2) is 28.7 Å². The molecule has 0 bridgehead atoms. The number of phenols is 1. The van der Waals surface area contributed by atoms with Crippen molar-refractivity contribution in [1.29, 1.82) is 0 Å². The summed E-state index contributed by atoms with van der Waals surface area (Å²) < 4.78 is 16.8. The first-order valence-corrected chi connectivity index (χ1v) is 15.2. The monoisotopic (exact) mass is 632 g/mol. The van der Waals surface area contributed by atoms with Gasteiger partial charge in [-0.3, -0.25) is 4.79 Å². The number of benzene rings is 1. The molecule has 2 atom stereocenters. The van der Waals surface area contributed by atoms with E-state index in [4.69, 9.17) is 16.6 Å². The molecule has 0 radical (unpaired) electrons. The van der Waals surface area contributed by atoms with E-state index in [2.05, 4.69) is 26.8 Å². The van der Waals surface area contributed by atoms with Crippen LogP contribution in [0.5, 0.6) is 5.75 Å². The van der Waals surface area contributed by atoms with Gasteiger partial charge in [0.1, 0.15) is 29.4 Å². The number of aromatic hydroxyl groups is 1. The first-order chi connectivity index (χ1) is 21.4. The van der Waals surface area contributed by atoms with Crippen LogP contribution >= 0.6 is 11.6 Å². The summed E-state index contributed by atoms with van der Waals surface area (Å²) in [6.45, 7) is 14.5. The van der Waals surface area contributed by atoms with E-state index < -0.39 is 11.5 Å². The Hall–Kier alpha value is -4.58. The molecular weight excluding hydrogens is 599 g/mol. The number of phenolic OH excluding ortho intramolecular Hbond substituents is 1. The zero-order valence-electron chi connectivity index (χ0n) is 25.7. The molecule has 2 N–H and O–H groups in total. The first kappa shape index (κ1) is 30.4. The van der Waals surface area contributed by atoms with Crippen molar-refractivity contribution in [3.05, 3.63) is 69.9 Å². The molecule has 11 nitrogen and oxygen atoms in total. The van der Waals surface area contributed by atoms with Crippen molar-refractivity contribution in [2.75, 3.05) is 29.9 Å². The molecule has 2 aliphatic heterocycles. The molecule has 1 amide bonds. The van der Waals surface area contributed by atoms with E-state index in [0.29, 0.717) is 53.6 Å². The van der Waals surface area contributed by atoms with Crippen LogP contribution < -0.4 is 15.9 Å². The molecule has 1 saturated heterocycles. The number of carbonyl (C=O) groups is 1. The lowest BCUT2D eigenvalue weighted by Crippen LogP contribution is -2.61. The minimum absolute atomic E-state index is 0.0435. The van der Waals surface area contributed by atoms with Crippen molar-refractivity contribution < 1.29 is 14.3 Å². The third-order valence-corrected chi connectivity index (χ3v) is 8.77. The molecule has 1 aromatic carbocycles. The maximum Gasteiger partial charge on any atom is 0.355 e. The number of piperazine rings is 1. The lowest BCUT2D eigenvalue weighted by atomic mass is 10.0. The van der Waals surface area contributed by atoms with Gasteiger partial charge in [0.2, 0.25) is 5.91 Å². The van der Waals surface area contributed by atoms with Gasteiger partial charge in [-0.15, -0.1) is 0 Å². The molecule has 0 spiro atoms. The van der Waals surface area contributed by atoms with E-state index in [0.717, 1.165) is 0 Å². The molecule has 3 aromatic heterocycles. The van der Waals surface area contributed by atoms with Crippen LogP contribution in [0.3, 0.4) is 0 Å². The highest BCUT2D eigenvalue weighted by Gasteiger charge is 2.40. The fourth-order valence-corrected chi connectivity index (χ4v) is 6.71. The van der Waals surface area contributed by atoms with Crippen molar-refractivity contribution >= 4 is 40.0 Å². The van der Waals surface area contributed by atoms with Gasteiger partial charge in [-0.05, 0) is 37.0 Å². The van der Waals surface area contributed by atoms with Crippen molar-refractivity contribution in [1.82, 2.24) is 29.4 Å². The van der Waals surface area contributed by atoms with Crippen LogP contribution in [0.25, 0.3) is 28.0 Å². The van der Waals surface area contributed by atoms with Gasteiger partial charge in [0.15, 0.2) is 5.65 Å². The Kier molecular flexibility index (Phi) is 7.72. The van der Waals surface area contributed by atoms with Gasteiger partial charge in [-0.1, -0.05) is 51.9 Å². The van der Waals surface area contributed by atoms with Crippen LogP contribution in [0.2, 0.25) is 5.02 Å². The Morgan fingerprint density at radius 3 is 2.47 bits per heavy atom. The average molecular weight is 633 g/mol. The predicted octanol–water partition coefficient (Wildman–Crippen LogP) is 5.00. The molecule has 4 aromatic rings. The number of anilines is 2.